The van der Waals surface area contributed by atoms with Gasteiger partial charge in [0.15, 0.2) is 16.9 Å². The van der Waals surface area contributed by atoms with Crippen molar-refractivity contribution in [1.29, 1.82) is 0 Å². The molecule has 1 heterocycles. The number of hydrogen-bond acceptors (Lipinski definition) is 5. The first kappa shape index (κ1) is 15.0. The highest BCUT2D eigenvalue weighted by atomic mass is 16.5. The second kappa shape index (κ2) is 5.68. The van der Waals surface area contributed by atoms with Gasteiger partial charge in [0.25, 0.3) is 0 Å². The lowest BCUT2D eigenvalue weighted by Gasteiger charge is -2.09. The summed E-state index contributed by atoms with van der Waals surface area (Å²) in [5, 5.41) is 20.1. The molecule has 0 fully saturated rings. The highest BCUT2D eigenvalue weighted by Crippen LogP contribution is 2.33. The van der Waals surface area contributed by atoms with Gasteiger partial charge >= 0.3 is 0 Å². The van der Waals surface area contributed by atoms with E-state index in [1.165, 1.54) is 25.3 Å². The molecule has 5 heteroatoms. The molecule has 2 N–H and O–H groups in total. The van der Waals surface area contributed by atoms with Crippen molar-refractivity contribution >= 4 is 11.0 Å². The van der Waals surface area contributed by atoms with Crippen molar-refractivity contribution in [2.24, 2.45) is 0 Å². The standard InChI is InChI=1S/C18H16O5/c1-3-11-13(19)7-5-12-15(21)9-16(23-18(11)12)10-4-6-14(20)17(8-10)22-2/h4-9,19-20H,3H2,1-2H3. The van der Waals surface area contributed by atoms with Crippen LogP contribution in [0.4, 0.5) is 0 Å². The third-order valence-corrected chi connectivity index (χ3v) is 3.79. The van der Waals surface area contributed by atoms with Crippen LogP contribution in [0.1, 0.15) is 12.5 Å². The van der Waals surface area contributed by atoms with Crippen molar-refractivity contribution in [3.63, 3.8) is 0 Å². The van der Waals surface area contributed by atoms with Crippen LogP contribution in [-0.4, -0.2) is 17.3 Å². The number of phenols is 2. The molecular formula is C18H16O5. The van der Waals surface area contributed by atoms with Crippen molar-refractivity contribution in [3.8, 4) is 28.6 Å². The van der Waals surface area contributed by atoms with E-state index >= 15 is 0 Å². The van der Waals surface area contributed by atoms with Crippen LogP contribution < -0.4 is 10.2 Å². The van der Waals surface area contributed by atoms with Crippen LogP contribution in [0.2, 0.25) is 0 Å². The fourth-order valence-electron chi connectivity index (χ4n) is 2.58. The lowest BCUT2D eigenvalue weighted by Crippen LogP contribution is -2.02. The second-order valence-corrected chi connectivity index (χ2v) is 5.16. The van der Waals surface area contributed by atoms with E-state index in [1.54, 1.807) is 18.2 Å². The lowest BCUT2D eigenvalue weighted by atomic mass is 10.1. The highest BCUT2D eigenvalue weighted by molar-refractivity contribution is 5.83. The Labute approximate surface area is 132 Å². The molecule has 0 saturated carbocycles. The number of benzene rings is 2. The first-order valence-corrected chi connectivity index (χ1v) is 7.21. The fourth-order valence-corrected chi connectivity index (χ4v) is 2.58. The molecule has 1 aromatic heterocycles. The monoisotopic (exact) mass is 312 g/mol. The number of fused-ring (bicyclic) bond motifs is 1. The minimum Gasteiger partial charge on any atom is -0.508 e. The predicted octanol–water partition coefficient (Wildman–Crippen LogP) is 3.44. The molecule has 0 amide bonds. The molecule has 0 unspecified atom stereocenters. The Morgan fingerprint density at radius 1 is 1.09 bits per heavy atom. The molecule has 3 rings (SSSR count). The maximum absolute atomic E-state index is 12.4. The van der Waals surface area contributed by atoms with E-state index in [2.05, 4.69) is 0 Å². The van der Waals surface area contributed by atoms with Crippen LogP contribution in [0.5, 0.6) is 17.2 Å². The van der Waals surface area contributed by atoms with Gasteiger partial charge in [-0.15, -0.1) is 0 Å². The number of rotatable bonds is 3. The van der Waals surface area contributed by atoms with Gasteiger partial charge in [-0.1, -0.05) is 6.92 Å². The molecule has 0 spiro atoms. The van der Waals surface area contributed by atoms with Crippen molar-refractivity contribution in [3.05, 3.63) is 52.2 Å². The SMILES string of the molecule is CCc1c(O)ccc2c(=O)cc(-c3ccc(O)c(OC)c3)oc12. The van der Waals surface area contributed by atoms with Crippen LogP contribution in [0.25, 0.3) is 22.3 Å². The summed E-state index contributed by atoms with van der Waals surface area (Å²) in [6, 6.07) is 9.15. The Kier molecular flexibility index (Phi) is 3.70. The normalized spacial score (nSPS) is 10.9. The molecule has 3 aromatic rings. The number of phenolic OH excluding ortho intramolecular Hbond substituents is 2. The summed E-state index contributed by atoms with van der Waals surface area (Å²) in [6.07, 6.45) is 0.536. The molecule has 0 radical (unpaired) electrons. The zero-order valence-electron chi connectivity index (χ0n) is 12.8. The third-order valence-electron chi connectivity index (χ3n) is 3.79. The summed E-state index contributed by atoms with van der Waals surface area (Å²) in [6.45, 7) is 1.88. The van der Waals surface area contributed by atoms with Crippen LogP contribution in [0.15, 0.2) is 45.6 Å². The second-order valence-electron chi connectivity index (χ2n) is 5.16. The molecule has 0 atom stereocenters. The number of aryl methyl sites for hydroxylation is 1. The molecule has 0 saturated heterocycles. The van der Waals surface area contributed by atoms with Crippen molar-refractivity contribution in [2.75, 3.05) is 7.11 Å². The van der Waals surface area contributed by atoms with E-state index in [9.17, 15) is 15.0 Å². The van der Waals surface area contributed by atoms with Gasteiger partial charge < -0.3 is 19.4 Å². The summed E-state index contributed by atoms with van der Waals surface area (Å²) in [4.78, 5) is 12.4. The Bertz CT molecular complexity index is 940. The summed E-state index contributed by atoms with van der Waals surface area (Å²) in [7, 11) is 1.45. The van der Waals surface area contributed by atoms with Crippen molar-refractivity contribution in [1.82, 2.24) is 0 Å². The van der Waals surface area contributed by atoms with E-state index < -0.39 is 0 Å². The topological polar surface area (TPSA) is 79.9 Å². The average Bonchev–Trinajstić information content (AvgIpc) is 2.55. The van der Waals surface area contributed by atoms with Crippen LogP contribution in [0, 0.1) is 0 Å². The number of ether oxygens (including phenoxy) is 1. The minimum atomic E-state index is -0.192. The maximum atomic E-state index is 12.4. The zero-order valence-corrected chi connectivity index (χ0v) is 12.8. The molecular weight excluding hydrogens is 296 g/mol. The molecule has 0 aliphatic carbocycles. The quantitative estimate of drug-likeness (QED) is 0.774. The first-order chi connectivity index (χ1) is 11.0. The smallest absolute Gasteiger partial charge is 0.193 e. The predicted molar refractivity (Wildman–Crippen MR) is 87.2 cm³/mol. The van der Waals surface area contributed by atoms with Gasteiger partial charge in [-0.25, -0.2) is 0 Å². The van der Waals surface area contributed by atoms with Gasteiger partial charge in [-0.3, -0.25) is 4.79 Å². The minimum absolute atomic E-state index is 0.00581. The number of aromatic hydroxyl groups is 2. The molecule has 0 aliphatic rings. The number of hydrogen-bond donors (Lipinski definition) is 2. The molecule has 2 aromatic carbocycles. The van der Waals surface area contributed by atoms with Crippen LogP contribution in [-0.2, 0) is 6.42 Å². The van der Waals surface area contributed by atoms with Crippen molar-refractivity contribution in [2.45, 2.75) is 13.3 Å². The van der Waals surface area contributed by atoms with Gasteiger partial charge in [0, 0.05) is 17.2 Å². The molecule has 0 bridgehead atoms. The Balaban J connectivity index is 2.29. The van der Waals surface area contributed by atoms with Crippen molar-refractivity contribution < 1.29 is 19.4 Å². The molecule has 5 nitrogen and oxygen atoms in total. The van der Waals surface area contributed by atoms with E-state index in [4.69, 9.17) is 9.15 Å². The molecule has 118 valence electrons. The maximum Gasteiger partial charge on any atom is 0.193 e. The van der Waals surface area contributed by atoms with Gasteiger partial charge in [0.1, 0.15) is 17.1 Å². The summed E-state index contributed by atoms with van der Waals surface area (Å²) >= 11 is 0. The third kappa shape index (κ3) is 2.50. The number of methoxy groups -OCH3 is 1. The summed E-state index contributed by atoms with van der Waals surface area (Å²) in [5.41, 5.74) is 1.38. The van der Waals surface area contributed by atoms with Gasteiger partial charge in [0.2, 0.25) is 0 Å². The van der Waals surface area contributed by atoms with E-state index in [0.29, 0.717) is 34.3 Å². The van der Waals surface area contributed by atoms with E-state index in [0.717, 1.165) is 0 Å². The van der Waals surface area contributed by atoms with Gasteiger partial charge in [-0.05, 0) is 36.8 Å². The largest absolute Gasteiger partial charge is 0.508 e. The first-order valence-electron chi connectivity index (χ1n) is 7.21. The van der Waals surface area contributed by atoms with E-state index in [1.807, 2.05) is 6.92 Å². The molecule has 0 aliphatic heterocycles. The van der Waals surface area contributed by atoms with Gasteiger partial charge in [-0.2, -0.15) is 0 Å². The highest BCUT2D eigenvalue weighted by Gasteiger charge is 2.14. The van der Waals surface area contributed by atoms with E-state index in [-0.39, 0.29) is 22.7 Å². The zero-order chi connectivity index (χ0) is 16.6. The lowest BCUT2D eigenvalue weighted by molar-refractivity contribution is 0.373. The Hall–Kier alpha value is -2.95. The Morgan fingerprint density at radius 3 is 2.52 bits per heavy atom. The Morgan fingerprint density at radius 2 is 1.83 bits per heavy atom. The summed E-state index contributed by atoms with van der Waals surface area (Å²) in [5.74, 6) is 0.743. The van der Waals surface area contributed by atoms with Crippen LogP contribution >= 0.6 is 0 Å². The van der Waals surface area contributed by atoms with Gasteiger partial charge in [0.05, 0.1) is 12.5 Å². The average molecular weight is 312 g/mol. The fraction of sp³-hybridized carbons (Fsp3) is 0.167. The molecule has 23 heavy (non-hydrogen) atoms. The van der Waals surface area contributed by atoms with Crippen LogP contribution in [0.3, 0.4) is 0 Å². The summed E-state index contributed by atoms with van der Waals surface area (Å²) < 4.78 is 11.0.